The van der Waals surface area contributed by atoms with E-state index in [0.29, 0.717) is 0 Å². The minimum Gasteiger partial charge on any atom is -0.455 e. The van der Waals surface area contributed by atoms with Crippen molar-refractivity contribution in [2.45, 2.75) is 0 Å². The molecule has 8 aromatic carbocycles. The molecule has 0 saturated carbocycles. The van der Waals surface area contributed by atoms with E-state index in [9.17, 15) is 0 Å². The van der Waals surface area contributed by atoms with E-state index in [-0.39, 0.29) is 0 Å². The van der Waals surface area contributed by atoms with Crippen LogP contribution in [0.15, 0.2) is 168 Å². The third kappa shape index (κ3) is 3.75. The third-order valence-corrected chi connectivity index (χ3v) is 8.81. The Balaban J connectivity index is 1.44. The molecular formula is C42H27NO. The van der Waals surface area contributed by atoms with Crippen LogP contribution in [0.25, 0.3) is 65.4 Å². The Morgan fingerprint density at radius 2 is 1.00 bits per heavy atom. The number of hydrogen-bond acceptors (Lipinski definition) is 2. The summed E-state index contributed by atoms with van der Waals surface area (Å²) < 4.78 is 6.89. The second kappa shape index (κ2) is 9.86. The molecule has 0 saturated heterocycles. The quantitative estimate of drug-likeness (QED) is 0.199. The van der Waals surface area contributed by atoms with Crippen molar-refractivity contribution in [3.05, 3.63) is 164 Å². The highest BCUT2D eigenvalue weighted by Crippen LogP contribution is 2.48. The second-order valence-electron chi connectivity index (χ2n) is 11.3. The van der Waals surface area contributed by atoms with E-state index in [0.717, 1.165) is 55.5 Å². The van der Waals surface area contributed by atoms with Gasteiger partial charge >= 0.3 is 0 Å². The van der Waals surface area contributed by atoms with Gasteiger partial charge in [-0.3, -0.25) is 0 Å². The lowest BCUT2D eigenvalue weighted by Crippen LogP contribution is -2.11. The molecule has 0 atom stereocenters. The Morgan fingerprint density at radius 3 is 1.77 bits per heavy atom. The Hall–Kier alpha value is -5.86. The smallest absolute Gasteiger partial charge is 0.143 e. The Labute approximate surface area is 255 Å². The first-order valence-corrected chi connectivity index (χ1v) is 15.0. The lowest BCUT2D eigenvalue weighted by molar-refractivity contribution is 0.673. The second-order valence-corrected chi connectivity index (χ2v) is 11.3. The van der Waals surface area contributed by atoms with Gasteiger partial charge in [-0.25, -0.2) is 0 Å². The summed E-state index contributed by atoms with van der Waals surface area (Å²) in [5, 5.41) is 9.47. The summed E-state index contributed by atoms with van der Waals surface area (Å²) in [4.78, 5) is 2.38. The van der Waals surface area contributed by atoms with Crippen molar-refractivity contribution in [3.8, 4) is 11.1 Å². The summed E-state index contributed by atoms with van der Waals surface area (Å²) in [5.74, 6) is 0. The molecule has 0 aliphatic heterocycles. The minimum atomic E-state index is 0.873. The largest absolute Gasteiger partial charge is 0.455 e. The molecular weight excluding hydrogens is 534 g/mol. The highest BCUT2D eigenvalue weighted by molar-refractivity contribution is 6.30. The normalized spacial score (nSPS) is 11.6. The number of para-hydroxylation sites is 1. The predicted octanol–water partition coefficient (Wildman–Crippen LogP) is 12.2. The number of anilines is 3. The average Bonchev–Trinajstić information content (AvgIpc) is 3.48. The number of fused-ring (bicyclic) bond motifs is 9. The molecule has 0 radical (unpaired) electrons. The van der Waals surface area contributed by atoms with E-state index >= 15 is 0 Å². The fraction of sp³-hybridized carbons (Fsp3) is 0. The van der Waals surface area contributed by atoms with E-state index in [2.05, 4.69) is 169 Å². The number of hydrogen-bond donors (Lipinski definition) is 0. The van der Waals surface area contributed by atoms with Gasteiger partial charge in [0.1, 0.15) is 11.2 Å². The molecule has 2 heteroatoms. The van der Waals surface area contributed by atoms with Crippen LogP contribution < -0.4 is 4.90 Å². The van der Waals surface area contributed by atoms with Crippen LogP contribution in [0.5, 0.6) is 0 Å². The summed E-state index contributed by atoms with van der Waals surface area (Å²) in [5.41, 5.74) is 7.39. The van der Waals surface area contributed by atoms with Crippen molar-refractivity contribution in [1.82, 2.24) is 0 Å². The molecule has 0 aliphatic carbocycles. The number of furan rings is 1. The zero-order chi connectivity index (χ0) is 29.0. The van der Waals surface area contributed by atoms with Gasteiger partial charge in [0, 0.05) is 38.9 Å². The maximum Gasteiger partial charge on any atom is 0.143 e. The Bertz CT molecular complexity index is 2490. The Morgan fingerprint density at radius 1 is 0.409 bits per heavy atom. The van der Waals surface area contributed by atoms with Crippen LogP contribution in [0.3, 0.4) is 0 Å². The van der Waals surface area contributed by atoms with Crippen molar-refractivity contribution in [2.75, 3.05) is 4.90 Å². The van der Waals surface area contributed by atoms with Crippen molar-refractivity contribution >= 4 is 71.3 Å². The Kier molecular flexibility index (Phi) is 5.54. The van der Waals surface area contributed by atoms with Crippen molar-refractivity contribution in [3.63, 3.8) is 0 Å². The lowest BCUT2D eigenvalue weighted by atomic mass is 9.94. The maximum absolute atomic E-state index is 6.89. The zero-order valence-corrected chi connectivity index (χ0v) is 23.9. The van der Waals surface area contributed by atoms with Gasteiger partial charge in [-0.15, -0.1) is 0 Å². The van der Waals surface area contributed by atoms with Gasteiger partial charge in [-0.2, -0.15) is 0 Å². The van der Waals surface area contributed by atoms with Crippen molar-refractivity contribution in [2.24, 2.45) is 0 Å². The molecule has 9 aromatic rings. The van der Waals surface area contributed by atoms with Crippen molar-refractivity contribution in [1.29, 1.82) is 0 Å². The SMILES string of the molecule is c1ccc(-c2cc3c(cc2N(c2ccccc2)c2cccc4ccccc24)oc2c4ccccc4c4ccccc4c32)cc1. The highest BCUT2D eigenvalue weighted by Gasteiger charge is 2.23. The van der Waals surface area contributed by atoms with Gasteiger partial charge in [0.2, 0.25) is 0 Å². The molecule has 1 heterocycles. The molecule has 1 aromatic heterocycles. The lowest BCUT2D eigenvalue weighted by Gasteiger charge is -2.29. The predicted molar refractivity (Wildman–Crippen MR) is 186 cm³/mol. The third-order valence-electron chi connectivity index (χ3n) is 8.81. The van der Waals surface area contributed by atoms with E-state index in [1.807, 2.05) is 0 Å². The highest BCUT2D eigenvalue weighted by atomic mass is 16.3. The molecule has 2 nitrogen and oxygen atoms in total. The molecule has 0 N–H and O–H groups in total. The standard InChI is InChI=1S/C42H27NO/c1-3-14-29(15-4-1)36-26-37-40(44-42-35-24-12-10-22-33(35)32-21-9-11-23-34(32)41(37)42)27-39(36)43(30-18-5-2-6-19-30)38-25-13-17-28-16-7-8-20-31(28)38/h1-27H. The maximum atomic E-state index is 6.89. The van der Waals surface area contributed by atoms with Crippen LogP contribution in [0.4, 0.5) is 17.1 Å². The number of rotatable bonds is 4. The fourth-order valence-corrected chi connectivity index (χ4v) is 6.86. The molecule has 0 aliphatic rings. The topological polar surface area (TPSA) is 16.4 Å². The zero-order valence-electron chi connectivity index (χ0n) is 23.9. The fourth-order valence-electron chi connectivity index (χ4n) is 6.86. The summed E-state index contributed by atoms with van der Waals surface area (Å²) in [7, 11) is 0. The molecule has 44 heavy (non-hydrogen) atoms. The minimum absolute atomic E-state index is 0.873. The molecule has 0 bridgehead atoms. The van der Waals surface area contributed by atoms with Crippen LogP contribution in [-0.4, -0.2) is 0 Å². The van der Waals surface area contributed by atoms with Gasteiger partial charge in [0.15, 0.2) is 0 Å². The van der Waals surface area contributed by atoms with E-state index in [1.54, 1.807) is 0 Å². The van der Waals surface area contributed by atoms with Crippen LogP contribution in [0, 0.1) is 0 Å². The molecule has 0 spiro atoms. The van der Waals surface area contributed by atoms with Gasteiger partial charge in [-0.1, -0.05) is 133 Å². The molecule has 206 valence electrons. The summed E-state index contributed by atoms with van der Waals surface area (Å²) in [6.45, 7) is 0. The first-order chi connectivity index (χ1) is 21.8. The van der Waals surface area contributed by atoms with Crippen molar-refractivity contribution < 1.29 is 4.42 Å². The summed E-state index contributed by atoms with van der Waals surface area (Å²) in [6, 6.07) is 58.4. The van der Waals surface area contributed by atoms with E-state index in [4.69, 9.17) is 4.42 Å². The number of benzene rings is 8. The molecule has 0 unspecified atom stereocenters. The first-order valence-electron chi connectivity index (χ1n) is 15.0. The first kappa shape index (κ1) is 24.7. The van der Waals surface area contributed by atoms with E-state index < -0.39 is 0 Å². The van der Waals surface area contributed by atoms with Crippen LogP contribution >= 0.6 is 0 Å². The average molecular weight is 562 g/mol. The number of nitrogens with zero attached hydrogens (tertiary/aromatic N) is 1. The van der Waals surface area contributed by atoms with Gasteiger partial charge < -0.3 is 9.32 Å². The summed E-state index contributed by atoms with van der Waals surface area (Å²) in [6.07, 6.45) is 0. The molecule has 0 amide bonds. The monoisotopic (exact) mass is 561 g/mol. The van der Waals surface area contributed by atoms with Crippen LogP contribution in [-0.2, 0) is 0 Å². The molecule has 0 fully saturated rings. The summed E-state index contributed by atoms with van der Waals surface area (Å²) >= 11 is 0. The van der Waals surface area contributed by atoms with Gasteiger partial charge in [0.25, 0.3) is 0 Å². The van der Waals surface area contributed by atoms with Gasteiger partial charge in [-0.05, 0) is 51.4 Å². The van der Waals surface area contributed by atoms with Gasteiger partial charge in [0.05, 0.1) is 11.4 Å². The van der Waals surface area contributed by atoms with E-state index in [1.165, 1.54) is 26.9 Å². The molecule has 9 rings (SSSR count). The van der Waals surface area contributed by atoms with Crippen LogP contribution in [0.1, 0.15) is 0 Å². The van der Waals surface area contributed by atoms with Crippen LogP contribution in [0.2, 0.25) is 0 Å².